The van der Waals surface area contributed by atoms with Crippen LogP contribution in [0.25, 0.3) is 0 Å². The average molecular weight is 274 g/mol. The van der Waals surface area contributed by atoms with Crippen LogP contribution in [0, 0.1) is 5.92 Å². The summed E-state index contributed by atoms with van der Waals surface area (Å²) in [6, 6.07) is 12.1. The van der Waals surface area contributed by atoms with Crippen molar-refractivity contribution in [2.75, 3.05) is 19.6 Å². The molecule has 1 heterocycles. The summed E-state index contributed by atoms with van der Waals surface area (Å²) < 4.78 is 0. The molecule has 2 unspecified atom stereocenters. The van der Waals surface area contributed by atoms with E-state index in [-0.39, 0.29) is 0 Å². The van der Waals surface area contributed by atoms with Gasteiger partial charge in [-0.1, -0.05) is 30.3 Å². The number of hydrogen-bond donors (Lipinski definition) is 1. The highest BCUT2D eigenvalue weighted by Crippen LogP contribution is 2.18. The van der Waals surface area contributed by atoms with Crippen LogP contribution >= 0.6 is 0 Å². The van der Waals surface area contributed by atoms with Gasteiger partial charge in [0.1, 0.15) is 0 Å². The van der Waals surface area contributed by atoms with Crippen LogP contribution in [0.3, 0.4) is 0 Å². The second kappa shape index (κ2) is 7.80. The van der Waals surface area contributed by atoms with Crippen molar-refractivity contribution < 1.29 is 0 Å². The molecule has 0 amide bonds. The van der Waals surface area contributed by atoms with Gasteiger partial charge in [0.05, 0.1) is 0 Å². The summed E-state index contributed by atoms with van der Waals surface area (Å²) in [4.78, 5) is 2.69. The highest BCUT2D eigenvalue weighted by atomic mass is 15.2. The molecule has 0 spiro atoms. The lowest BCUT2D eigenvalue weighted by Gasteiger charge is -2.37. The van der Waals surface area contributed by atoms with Crippen molar-refractivity contribution in [3.63, 3.8) is 0 Å². The van der Waals surface area contributed by atoms with Gasteiger partial charge in [-0.15, -0.1) is 0 Å². The third-order valence-corrected chi connectivity index (χ3v) is 4.47. The summed E-state index contributed by atoms with van der Waals surface area (Å²) in [5.41, 5.74) is 1.45. The summed E-state index contributed by atoms with van der Waals surface area (Å²) in [6.07, 6.45) is 3.87. The molecular formula is C18H30N2. The zero-order valence-electron chi connectivity index (χ0n) is 13.3. The molecule has 0 radical (unpaired) electrons. The van der Waals surface area contributed by atoms with E-state index < -0.39 is 0 Å². The van der Waals surface area contributed by atoms with Gasteiger partial charge in [-0.05, 0) is 64.6 Å². The monoisotopic (exact) mass is 274 g/mol. The number of piperidine rings is 1. The van der Waals surface area contributed by atoms with Crippen molar-refractivity contribution in [1.29, 1.82) is 0 Å². The molecule has 1 saturated heterocycles. The largest absolute Gasteiger partial charge is 0.316 e. The van der Waals surface area contributed by atoms with Crippen molar-refractivity contribution in [1.82, 2.24) is 10.2 Å². The van der Waals surface area contributed by atoms with Gasteiger partial charge in [-0.2, -0.15) is 0 Å². The highest BCUT2D eigenvalue weighted by molar-refractivity contribution is 5.15. The van der Waals surface area contributed by atoms with E-state index in [9.17, 15) is 0 Å². The van der Waals surface area contributed by atoms with E-state index in [4.69, 9.17) is 0 Å². The summed E-state index contributed by atoms with van der Waals surface area (Å²) in [5.74, 6) is 0.823. The molecule has 112 valence electrons. The summed E-state index contributed by atoms with van der Waals surface area (Å²) in [6.45, 7) is 10.7. The molecule has 20 heavy (non-hydrogen) atoms. The predicted molar refractivity (Wildman–Crippen MR) is 87.0 cm³/mol. The lowest BCUT2D eigenvalue weighted by atomic mass is 9.96. The van der Waals surface area contributed by atoms with Gasteiger partial charge in [-0.3, -0.25) is 4.90 Å². The Balaban J connectivity index is 1.93. The molecule has 2 heteroatoms. The topological polar surface area (TPSA) is 15.3 Å². The van der Waals surface area contributed by atoms with E-state index >= 15 is 0 Å². The second-order valence-corrected chi connectivity index (χ2v) is 6.54. The SMILES string of the molecule is CC(C)N(CC1CCCNC1)C(C)Cc1ccccc1. The van der Waals surface area contributed by atoms with Crippen LogP contribution in [0.5, 0.6) is 0 Å². The van der Waals surface area contributed by atoms with Crippen LogP contribution in [0.15, 0.2) is 30.3 Å². The van der Waals surface area contributed by atoms with Gasteiger partial charge in [0, 0.05) is 18.6 Å². The van der Waals surface area contributed by atoms with Crippen molar-refractivity contribution >= 4 is 0 Å². The van der Waals surface area contributed by atoms with Gasteiger partial charge in [0.2, 0.25) is 0 Å². The Kier molecular flexibility index (Phi) is 6.06. The molecule has 2 rings (SSSR count). The summed E-state index contributed by atoms with van der Waals surface area (Å²) in [5, 5.41) is 3.54. The van der Waals surface area contributed by atoms with Crippen LogP contribution in [-0.4, -0.2) is 36.6 Å². The molecule has 1 fully saturated rings. The summed E-state index contributed by atoms with van der Waals surface area (Å²) in [7, 11) is 0. The zero-order valence-corrected chi connectivity index (χ0v) is 13.3. The third kappa shape index (κ3) is 4.60. The Morgan fingerprint density at radius 2 is 1.95 bits per heavy atom. The first-order valence-corrected chi connectivity index (χ1v) is 8.17. The van der Waals surface area contributed by atoms with Gasteiger partial charge in [0.25, 0.3) is 0 Å². The third-order valence-electron chi connectivity index (χ3n) is 4.47. The molecular weight excluding hydrogens is 244 g/mol. The van der Waals surface area contributed by atoms with Gasteiger partial charge in [-0.25, -0.2) is 0 Å². The maximum atomic E-state index is 3.54. The van der Waals surface area contributed by atoms with Crippen LogP contribution in [0.2, 0.25) is 0 Å². The first-order valence-electron chi connectivity index (χ1n) is 8.17. The molecule has 1 aromatic rings. The second-order valence-electron chi connectivity index (χ2n) is 6.54. The Morgan fingerprint density at radius 1 is 1.20 bits per heavy atom. The first-order chi connectivity index (χ1) is 9.66. The van der Waals surface area contributed by atoms with Crippen LogP contribution in [0.1, 0.15) is 39.2 Å². The Labute approximate surface area is 124 Å². The molecule has 0 bridgehead atoms. The van der Waals surface area contributed by atoms with E-state index in [0.717, 1.165) is 12.3 Å². The maximum Gasteiger partial charge on any atom is 0.0110 e. The fraction of sp³-hybridized carbons (Fsp3) is 0.667. The normalized spacial score (nSPS) is 21.4. The highest BCUT2D eigenvalue weighted by Gasteiger charge is 2.22. The quantitative estimate of drug-likeness (QED) is 0.856. The summed E-state index contributed by atoms with van der Waals surface area (Å²) >= 11 is 0. The Bertz CT molecular complexity index is 368. The minimum atomic E-state index is 0.610. The zero-order chi connectivity index (χ0) is 14.4. The van der Waals surface area contributed by atoms with Crippen molar-refractivity contribution in [3.8, 4) is 0 Å². The van der Waals surface area contributed by atoms with Crippen LogP contribution < -0.4 is 5.32 Å². The molecule has 1 aliphatic rings. The number of rotatable bonds is 6. The average Bonchev–Trinajstić information content (AvgIpc) is 2.46. The number of hydrogen-bond acceptors (Lipinski definition) is 2. The van der Waals surface area contributed by atoms with Crippen LogP contribution in [-0.2, 0) is 6.42 Å². The van der Waals surface area contributed by atoms with E-state index in [1.54, 1.807) is 0 Å². The fourth-order valence-corrected chi connectivity index (χ4v) is 3.35. The number of benzene rings is 1. The Morgan fingerprint density at radius 3 is 2.55 bits per heavy atom. The van der Waals surface area contributed by atoms with E-state index in [2.05, 4.69) is 61.3 Å². The molecule has 2 atom stereocenters. The van der Waals surface area contributed by atoms with Crippen molar-refractivity contribution in [2.24, 2.45) is 5.92 Å². The molecule has 1 N–H and O–H groups in total. The van der Waals surface area contributed by atoms with Gasteiger partial charge >= 0.3 is 0 Å². The lowest BCUT2D eigenvalue weighted by molar-refractivity contribution is 0.126. The molecule has 2 nitrogen and oxygen atoms in total. The standard InChI is InChI=1S/C18H30N2/c1-15(2)20(14-18-10-7-11-19-13-18)16(3)12-17-8-5-4-6-9-17/h4-6,8-9,15-16,18-19H,7,10-14H2,1-3H3. The first kappa shape index (κ1) is 15.5. The maximum absolute atomic E-state index is 3.54. The number of nitrogens with one attached hydrogen (secondary N) is 1. The van der Waals surface area contributed by atoms with E-state index in [0.29, 0.717) is 12.1 Å². The lowest BCUT2D eigenvalue weighted by Crippen LogP contribution is -2.46. The molecule has 0 aliphatic carbocycles. The van der Waals surface area contributed by atoms with Gasteiger partial charge in [0.15, 0.2) is 0 Å². The number of nitrogens with zero attached hydrogens (tertiary/aromatic N) is 1. The van der Waals surface area contributed by atoms with Crippen molar-refractivity contribution in [2.45, 2.75) is 52.1 Å². The molecule has 1 aromatic carbocycles. The minimum Gasteiger partial charge on any atom is -0.316 e. The fourth-order valence-electron chi connectivity index (χ4n) is 3.35. The molecule has 0 saturated carbocycles. The van der Waals surface area contributed by atoms with E-state index in [1.165, 1.54) is 38.0 Å². The smallest absolute Gasteiger partial charge is 0.0110 e. The molecule has 1 aliphatic heterocycles. The van der Waals surface area contributed by atoms with Gasteiger partial charge < -0.3 is 5.32 Å². The minimum absolute atomic E-state index is 0.610. The van der Waals surface area contributed by atoms with Crippen LogP contribution in [0.4, 0.5) is 0 Å². The van der Waals surface area contributed by atoms with E-state index in [1.807, 2.05) is 0 Å². The Hall–Kier alpha value is -0.860. The van der Waals surface area contributed by atoms with Crippen molar-refractivity contribution in [3.05, 3.63) is 35.9 Å². The molecule has 0 aromatic heterocycles. The predicted octanol–water partition coefficient (Wildman–Crippen LogP) is 3.33.